The summed E-state index contributed by atoms with van der Waals surface area (Å²) in [6.07, 6.45) is 0.364. The molecule has 0 unspecified atom stereocenters. The SMILES string of the molecule is CCOC(=O)C(CC)(CN(C)C)C(=O)OCC. The maximum absolute atomic E-state index is 12.0. The van der Waals surface area contributed by atoms with Crippen LogP contribution in [0.4, 0.5) is 0 Å². The molecule has 0 aliphatic carbocycles. The minimum Gasteiger partial charge on any atom is -0.465 e. The lowest BCUT2D eigenvalue weighted by atomic mass is 9.84. The molecule has 0 saturated carbocycles. The highest BCUT2D eigenvalue weighted by Gasteiger charge is 2.47. The second-order valence-electron chi connectivity index (χ2n) is 4.11. The third-order valence-corrected chi connectivity index (χ3v) is 2.52. The van der Waals surface area contributed by atoms with Crippen LogP contribution in [0.15, 0.2) is 0 Å². The zero-order chi connectivity index (χ0) is 13.5. The second-order valence-corrected chi connectivity index (χ2v) is 4.11. The molecule has 0 aliphatic heterocycles. The van der Waals surface area contributed by atoms with Crippen molar-refractivity contribution in [3.8, 4) is 0 Å². The van der Waals surface area contributed by atoms with Crippen LogP contribution in [0, 0.1) is 5.41 Å². The fourth-order valence-corrected chi connectivity index (χ4v) is 1.69. The summed E-state index contributed by atoms with van der Waals surface area (Å²) in [5, 5.41) is 0. The molecule has 0 saturated heterocycles. The summed E-state index contributed by atoms with van der Waals surface area (Å²) in [7, 11) is 3.62. The number of nitrogens with zero attached hydrogens (tertiary/aromatic N) is 1. The van der Waals surface area contributed by atoms with Gasteiger partial charge in [-0.15, -0.1) is 0 Å². The monoisotopic (exact) mass is 245 g/mol. The molecule has 100 valence electrons. The number of carbonyl (C=O) groups excluding carboxylic acids is 2. The molecule has 17 heavy (non-hydrogen) atoms. The van der Waals surface area contributed by atoms with Crippen LogP contribution < -0.4 is 0 Å². The molecule has 0 radical (unpaired) electrons. The Morgan fingerprint density at radius 1 is 1.00 bits per heavy atom. The molecule has 5 heteroatoms. The van der Waals surface area contributed by atoms with Crippen LogP contribution in [0.3, 0.4) is 0 Å². The molecule has 0 aromatic heterocycles. The highest BCUT2D eigenvalue weighted by atomic mass is 16.6. The van der Waals surface area contributed by atoms with E-state index >= 15 is 0 Å². The smallest absolute Gasteiger partial charge is 0.324 e. The van der Waals surface area contributed by atoms with E-state index < -0.39 is 17.4 Å². The van der Waals surface area contributed by atoms with Crippen molar-refractivity contribution >= 4 is 11.9 Å². The first-order valence-corrected chi connectivity index (χ1v) is 5.93. The van der Waals surface area contributed by atoms with Gasteiger partial charge in [-0.1, -0.05) is 6.92 Å². The molecule has 0 aliphatic rings. The zero-order valence-corrected chi connectivity index (χ0v) is 11.4. The summed E-state index contributed by atoms with van der Waals surface area (Å²) in [5.41, 5.74) is -1.21. The number of hydrogen-bond donors (Lipinski definition) is 0. The number of rotatable bonds is 7. The quantitative estimate of drug-likeness (QED) is 0.496. The van der Waals surface area contributed by atoms with Gasteiger partial charge in [0.1, 0.15) is 0 Å². The molecular formula is C12H23NO4. The van der Waals surface area contributed by atoms with Gasteiger partial charge in [0.15, 0.2) is 5.41 Å². The minimum absolute atomic E-state index is 0.257. The fourth-order valence-electron chi connectivity index (χ4n) is 1.69. The first-order chi connectivity index (χ1) is 7.94. The van der Waals surface area contributed by atoms with Crippen LogP contribution >= 0.6 is 0 Å². The predicted octanol–water partition coefficient (Wildman–Crippen LogP) is 1.07. The van der Waals surface area contributed by atoms with E-state index in [-0.39, 0.29) is 13.2 Å². The van der Waals surface area contributed by atoms with E-state index in [0.29, 0.717) is 13.0 Å². The number of hydrogen-bond acceptors (Lipinski definition) is 5. The topological polar surface area (TPSA) is 55.8 Å². The Labute approximate surface area is 103 Å². The maximum Gasteiger partial charge on any atom is 0.324 e. The number of esters is 2. The zero-order valence-electron chi connectivity index (χ0n) is 11.4. The number of carbonyl (C=O) groups is 2. The van der Waals surface area contributed by atoms with Gasteiger partial charge in [0.2, 0.25) is 0 Å². The molecule has 0 atom stereocenters. The Hall–Kier alpha value is -1.10. The van der Waals surface area contributed by atoms with Crippen molar-refractivity contribution in [2.45, 2.75) is 27.2 Å². The third kappa shape index (κ3) is 4.00. The first-order valence-electron chi connectivity index (χ1n) is 5.93. The maximum atomic E-state index is 12.0. The van der Waals surface area contributed by atoms with E-state index in [9.17, 15) is 9.59 Å². The lowest BCUT2D eigenvalue weighted by Gasteiger charge is -2.30. The van der Waals surface area contributed by atoms with Gasteiger partial charge in [-0.25, -0.2) is 0 Å². The Kier molecular flexibility index (Phi) is 6.80. The van der Waals surface area contributed by atoms with Gasteiger partial charge in [-0.05, 0) is 34.4 Å². The van der Waals surface area contributed by atoms with Crippen LogP contribution in [-0.4, -0.2) is 50.7 Å². The van der Waals surface area contributed by atoms with Crippen LogP contribution in [0.5, 0.6) is 0 Å². The molecule has 0 spiro atoms. The molecule has 0 aromatic rings. The third-order valence-electron chi connectivity index (χ3n) is 2.52. The van der Waals surface area contributed by atoms with Crippen LogP contribution in [-0.2, 0) is 19.1 Å². The summed E-state index contributed by atoms with van der Waals surface area (Å²) >= 11 is 0. The molecular weight excluding hydrogens is 222 g/mol. The van der Waals surface area contributed by atoms with Crippen molar-refractivity contribution in [3.05, 3.63) is 0 Å². The van der Waals surface area contributed by atoms with E-state index in [4.69, 9.17) is 9.47 Å². The summed E-state index contributed by atoms with van der Waals surface area (Å²) in [4.78, 5) is 25.8. The normalized spacial score (nSPS) is 11.4. The van der Waals surface area contributed by atoms with Crippen molar-refractivity contribution in [2.24, 2.45) is 5.41 Å². The minimum atomic E-state index is -1.21. The van der Waals surface area contributed by atoms with Gasteiger partial charge >= 0.3 is 11.9 Å². The summed E-state index contributed by atoms with van der Waals surface area (Å²) in [6.45, 7) is 6.04. The molecule has 0 heterocycles. The molecule has 0 amide bonds. The van der Waals surface area contributed by atoms with Crippen molar-refractivity contribution in [2.75, 3.05) is 33.9 Å². The van der Waals surface area contributed by atoms with Crippen molar-refractivity contribution in [3.63, 3.8) is 0 Å². The Bertz CT molecular complexity index is 245. The van der Waals surface area contributed by atoms with Crippen LogP contribution in [0.25, 0.3) is 0 Å². The van der Waals surface area contributed by atoms with Gasteiger partial charge in [-0.2, -0.15) is 0 Å². The molecule has 0 bridgehead atoms. The van der Waals surface area contributed by atoms with Crippen LogP contribution in [0.1, 0.15) is 27.2 Å². The lowest BCUT2D eigenvalue weighted by molar-refractivity contribution is -0.173. The second kappa shape index (κ2) is 7.27. The predicted molar refractivity (Wildman–Crippen MR) is 64.5 cm³/mol. The Balaban J connectivity index is 5.12. The number of ether oxygens (including phenoxy) is 2. The largest absolute Gasteiger partial charge is 0.465 e. The van der Waals surface area contributed by atoms with Gasteiger partial charge in [0.25, 0.3) is 0 Å². The van der Waals surface area contributed by atoms with E-state index in [2.05, 4.69) is 0 Å². The van der Waals surface area contributed by atoms with Crippen molar-refractivity contribution in [1.82, 2.24) is 4.90 Å². The van der Waals surface area contributed by atoms with E-state index in [1.807, 2.05) is 14.1 Å². The molecule has 5 nitrogen and oxygen atoms in total. The summed E-state index contributed by atoms with van der Waals surface area (Å²) in [6, 6.07) is 0. The van der Waals surface area contributed by atoms with E-state index in [1.54, 1.807) is 25.7 Å². The average Bonchev–Trinajstić information content (AvgIpc) is 2.26. The molecule has 0 rings (SSSR count). The highest BCUT2D eigenvalue weighted by Crippen LogP contribution is 2.27. The lowest BCUT2D eigenvalue weighted by Crippen LogP contribution is -2.48. The summed E-state index contributed by atoms with van der Waals surface area (Å²) < 4.78 is 10.0. The molecule has 0 fully saturated rings. The van der Waals surface area contributed by atoms with Crippen LogP contribution in [0.2, 0.25) is 0 Å². The van der Waals surface area contributed by atoms with E-state index in [0.717, 1.165) is 0 Å². The fraction of sp³-hybridized carbons (Fsp3) is 0.833. The first kappa shape index (κ1) is 15.9. The van der Waals surface area contributed by atoms with Gasteiger partial charge in [-0.3, -0.25) is 9.59 Å². The Morgan fingerprint density at radius 2 is 1.41 bits per heavy atom. The molecule has 0 N–H and O–H groups in total. The standard InChI is InChI=1S/C12H23NO4/c1-6-12(9-13(4)5,10(14)16-7-2)11(15)17-8-3/h6-9H2,1-5H3. The summed E-state index contributed by atoms with van der Waals surface area (Å²) in [5.74, 6) is -1.01. The van der Waals surface area contributed by atoms with E-state index in [1.165, 1.54) is 0 Å². The van der Waals surface area contributed by atoms with Gasteiger partial charge in [0, 0.05) is 6.54 Å². The van der Waals surface area contributed by atoms with Crippen molar-refractivity contribution < 1.29 is 19.1 Å². The average molecular weight is 245 g/mol. The Morgan fingerprint density at radius 3 is 1.65 bits per heavy atom. The van der Waals surface area contributed by atoms with Crippen molar-refractivity contribution in [1.29, 1.82) is 0 Å². The highest BCUT2D eigenvalue weighted by molar-refractivity contribution is 6.00. The molecule has 0 aromatic carbocycles. The van der Waals surface area contributed by atoms with Gasteiger partial charge in [0.05, 0.1) is 13.2 Å². The van der Waals surface area contributed by atoms with Gasteiger partial charge < -0.3 is 14.4 Å².